The zero-order chi connectivity index (χ0) is 14.5. The van der Waals surface area contributed by atoms with Gasteiger partial charge >= 0.3 is 0 Å². The van der Waals surface area contributed by atoms with Gasteiger partial charge in [0.15, 0.2) is 0 Å². The van der Waals surface area contributed by atoms with Crippen LogP contribution in [0, 0.1) is 0 Å². The third-order valence-electron chi connectivity index (χ3n) is 3.02. The molecule has 4 nitrogen and oxygen atoms in total. The van der Waals surface area contributed by atoms with Crippen LogP contribution in [0.25, 0.3) is 0 Å². The quantitative estimate of drug-likeness (QED) is 0.490. The number of benzene rings is 1. The Balaban J connectivity index is 2.26. The van der Waals surface area contributed by atoms with Crippen LogP contribution in [0.15, 0.2) is 41.0 Å². The van der Waals surface area contributed by atoms with Gasteiger partial charge in [-0.25, -0.2) is 4.98 Å². The number of hydrogen-bond donors (Lipinski definition) is 2. The second kappa shape index (κ2) is 7.04. The van der Waals surface area contributed by atoms with E-state index in [1.807, 2.05) is 24.3 Å². The van der Waals surface area contributed by atoms with Crippen LogP contribution < -0.4 is 16.0 Å². The maximum Gasteiger partial charge on any atom is 0.129 e. The smallest absolute Gasteiger partial charge is 0.129 e. The molecule has 0 amide bonds. The summed E-state index contributed by atoms with van der Waals surface area (Å²) in [6, 6.07) is 9.48. The SMILES string of the molecule is COc1ccc(Br)cc1CC(NN)c1ccc(Cl)nc1. The summed E-state index contributed by atoms with van der Waals surface area (Å²) >= 11 is 9.27. The molecule has 20 heavy (non-hydrogen) atoms. The molecule has 6 heteroatoms. The van der Waals surface area contributed by atoms with Crippen molar-refractivity contribution >= 4 is 27.5 Å². The van der Waals surface area contributed by atoms with Gasteiger partial charge in [0.05, 0.1) is 13.2 Å². The average Bonchev–Trinajstić information content (AvgIpc) is 2.46. The number of rotatable bonds is 5. The van der Waals surface area contributed by atoms with Crippen molar-refractivity contribution in [3.8, 4) is 5.75 Å². The van der Waals surface area contributed by atoms with Crippen LogP contribution in [-0.4, -0.2) is 12.1 Å². The lowest BCUT2D eigenvalue weighted by molar-refractivity contribution is 0.405. The average molecular weight is 357 g/mol. The van der Waals surface area contributed by atoms with Crippen molar-refractivity contribution in [1.82, 2.24) is 10.4 Å². The Bertz CT molecular complexity index is 577. The van der Waals surface area contributed by atoms with Crippen molar-refractivity contribution in [2.75, 3.05) is 7.11 Å². The third kappa shape index (κ3) is 3.70. The Kier molecular flexibility index (Phi) is 5.37. The second-order valence-electron chi connectivity index (χ2n) is 4.29. The predicted octanol–water partition coefficient (Wildman–Crippen LogP) is 3.25. The molecule has 0 saturated carbocycles. The predicted molar refractivity (Wildman–Crippen MR) is 83.7 cm³/mol. The Morgan fingerprint density at radius 3 is 2.80 bits per heavy atom. The fraction of sp³-hybridized carbons (Fsp3) is 0.214. The van der Waals surface area contributed by atoms with E-state index in [0.29, 0.717) is 11.6 Å². The molecule has 2 rings (SSSR count). The standard InChI is InChI=1S/C14H15BrClN3O/c1-20-13-4-3-11(15)6-10(13)7-12(19-17)9-2-5-14(16)18-8-9/h2-6,8,12,19H,7,17H2,1H3. The number of methoxy groups -OCH3 is 1. The van der Waals surface area contributed by atoms with Gasteiger partial charge in [-0.05, 0) is 41.8 Å². The fourth-order valence-electron chi connectivity index (χ4n) is 1.99. The number of hydrazine groups is 1. The van der Waals surface area contributed by atoms with Gasteiger partial charge in [0.1, 0.15) is 10.9 Å². The number of ether oxygens (including phenoxy) is 1. The molecule has 106 valence electrons. The summed E-state index contributed by atoms with van der Waals surface area (Å²) in [7, 11) is 1.65. The number of nitrogens with zero attached hydrogens (tertiary/aromatic N) is 1. The van der Waals surface area contributed by atoms with Crippen LogP contribution in [-0.2, 0) is 6.42 Å². The van der Waals surface area contributed by atoms with E-state index in [2.05, 4.69) is 26.3 Å². The summed E-state index contributed by atoms with van der Waals surface area (Å²) < 4.78 is 6.37. The van der Waals surface area contributed by atoms with E-state index in [1.165, 1.54) is 0 Å². The molecule has 1 heterocycles. The minimum Gasteiger partial charge on any atom is -0.496 e. The first-order valence-electron chi connectivity index (χ1n) is 6.04. The Labute approximate surface area is 131 Å². The van der Waals surface area contributed by atoms with Crippen LogP contribution in [0.1, 0.15) is 17.2 Å². The van der Waals surface area contributed by atoms with Crippen LogP contribution in [0.5, 0.6) is 5.75 Å². The summed E-state index contributed by atoms with van der Waals surface area (Å²) in [5, 5.41) is 0.463. The van der Waals surface area contributed by atoms with E-state index in [-0.39, 0.29) is 6.04 Å². The van der Waals surface area contributed by atoms with Crippen molar-refractivity contribution in [2.45, 2.75) is 12.5 Å². The molecule has 0 spiro atoms. The minimum absolute atomic E-state index is 0.0667. The molecule has 0 saturated heterocycles. The van der Waals surface area contributed by atoms with Crippen LogP contribution in [0.2, 0.25) is 5.15 Å². The van der Waals surface area contributed by atoms with Gasteiger partial charge in [0.25, 0.3) is 0 Å². The van der Waals surface area contributed by atoms with Crippen molar-refractivity contribution in [3.05, 3.63) is 57.3 Å². The van der Waals surface area contributed by atoms with Gasteiger partial charge in [0.2, 0.25) is 0 Å². The molecule has 1 unspecified atom stereocenters. The number of nitrogens with one attached hydrogen (secondary N) is 1. The zero-order valence-electron chi connectivity index (χ0n) is 10.9. The number of pyridine rings is 1. The van der Waals surface area contributed by atoms with Gasteiger partial charge in [-0.2, -0.15) is 0 Å². The zero-order valence-corrected chi connectivity index (χ0v) is 13.3. The number of hydrogen-bond acceptors (Lipinski definition) is 4. The maximum absolute atomic E-state index is 5.80. The topological polar surface area (TPSA) is 60.2 Å². The number of aromatic nitrogens is 1. The van der Waals surface area contributed by atoms with Gasteiger partial charge in [-0.3, -0.25) is 11.3 Å². The first kappa shape index (κ1) is 15.3. The Morgan fingerprint density at radius 1 is 1.40 bits per heavy atom. The summed E-state index contributed by atoms with van der Waals surface area (Å²) in [6.45, 7) is 0. The highest BCUT2D eigenvalue weighted by Crippen LogP contribution is 2.27. The Hall–Kier alpha value is -1.14. The van der Waals surface area contributed by atoms with E-state index in [4.69, 9.17) is 22.2 Å². The molecule has 0 radical (unpaired) electrons. The monoisotopic (exact) mass is 355 g/mol. The highest BCUT2D eigenvalue weighted by atomic mass is 79.9. The normalized spacial score (nSPS) is 12.2. The summed E-state index contributed by atoms with van der Waals surface area (Å²) in [5.74, 6) is 6.49. The first-order chi connectivity index (χ1) is 9.63. The molecule has 0 aliphatic heterocycles. The molecule has 3 N–H and O–H groups in total. The first-order valence-corrected chi connectivity index (χ1v) is 7.21. The molecule has 1 aromatic heterocycles. The van der Waals surface area contributed by atoms with E-state index >= 15 is 0 Å². The molecule has 0 aliphatic rings. The van der Waals surface area contributed by atoms with Gasteiger partial charge in [0, 0.05) is 10.7 Å². The largest absolute Gasteiger partial charge is 0.496 e. The van der Waals surface area contributed by atoms with Crippen molar-refractivity contribution in [2.24, 2.45) is 5.84 Å². The maximum atomic E-state index is 5.80. The molecular weight excluding hydrogens is 342 g/mol. The molecular formula is C14H15BrClN3O. The third-order valence-corrected chi connectivity index (χ3v) is 3.74. The number of halogens is 2. The summed E-state index contributed by atoms with van der Waals surface area (Å²) in [5.41, 5.74) is 4.83. The highest BCUT2D eigenvalue weighted by molar-refractivity contribution is 9.10. The van der Waals surface area contributed by atoms with Crippen molar-refractivity contribution in [3.63, 3.8) is 0 Å². The lowest BCUT2D eigenvalue weighted by Gasteiger charge is -2.18. The van der Waals surface area contributed by atoms with Crippen LogP contribution in [0.4, 0.5) is 0 Å². The van der Waals surface area contributed by atoms with Crippen molar-refractivity contribution < 1.29 is 4.74 Å². The molecule has 2 aromatic rings. The van der Waals surface area contributed by atoms with E-state index in [9.17, 15) is 0 Å². The molecule has 0 fully saturated rings. The highest BCUT2D eigenvalue weighted by Gasteiger charge is 2.14. The Morgan fingerprint density at radius 2 is 2.20 bits per heavy atom. The van der Waals surface area contributed by atoms with Gasteiger partial charge in [-0.1, -0.05) is 33.6 Å². The van der Waals surface area contributed by atoms with Gasteiger partial charge < -0.3 is 4.74 Å². The van der Waals surface area contributed by atoms with Crippen molar-refractivity contribution in [1.29, 1.82) is 0 Å². The van der Waals surface area contributed by atoms with E-state index in [0.717, 1.165) is 21.3 Å². The fourth-order valence-corrected chi connectivity index (χ4v) is 2.51. The lowest BCUT2D eigenvalue weighted by atomic mass is 10.00. The summed E-state index contributed by atoms with van der Waals surface area (Å²) in [6.07, 6.45) is 2.40. The molecule has 0 aliphatic carbocycles. The van der Waals surface area contributed by atoms with Crippen LogP contribution >= 0.6 is 27.5 Å². The molecule has 1 aromatic carbocycles. The van der Waals surface area contributed by atoms with Crippen LogP contribution in [0.3, 0.4) is 0 Å². The number of nitrogens with two attached hydrogens (primary N) is 1. The summed E-state index contributed by atoms with van der Waals surface area (Å²) in [4.78, 5) is 4.08. The molecule has 1 atom stereocenters. The van der Waals surface area contributed by atoms with E-state index in [1.54, 1.807) is 19.4 Å². The minimum atomic E-state index is -0.0667. The lowest BCUT2D eigenvalue weighted by Crippen LogP contribution is -2.29. The molecule has 0 bridgehead atoms. The van der Waals surface area contributed by atoms with E-state index < -0.39 is 0 Å². The second-order valence-corrected chi connectivity index (χ2v) is 5.60. The van der Waals surface area contributed by atoms with Gasteiger partial charge in [-0.15, -0.1) is 0 Å².